The number of benzene rings is 3. The topological polar surface area (TPSA) is 9.23 Å². The maximum atomic E-state index is 7.40. The van der Waals surface area contributed by atoms with E-state index in [-0.39, 0.29) is 29.9 Å². The van der Waals surface area contributed by atoms with Crippen molar-refractivity contribution in [1.82, 2.24) is 0 Å². The van der Waals surface area contributed by atoms with Crippen molar-refractivity contribution < 1.29 is 21.1 Å². The molecule has 214 valence electrons. The van der Waals surface area contributed by atoms with E-state index in [1.165, 1.54) is 46.3 Å². The molecule has 0 fully saturated rings. The van der Waals surface area contributed by atoms with Crippen LogP contribution in [0.2, 0.25) is 18.1 Å². The molecule has 0 heterocycles. The van der Waals surface area contributed by atoms with Gasteiger partial charge in [-0.25, -0.2) is 0 Å². The molecule has 0 N–H and O–H groups in total. The summed E-state index contributed by atoms with van der Waals surface area (Å²) in [4.78, 5) is 0. The average Bonchev–Trinajstić information content (AvgIpc) is 3.06. The van der Waals surface area contributed by atoms with Crippen LogP contribution in [0.15, 0.2) is 99.5 Å². The van der Waals surface area contributed by atoms with Crippen LogP contribution in [0.4, 0.5) is 0 Å². The molecule has 40 heavy (non-hydrogen) atoms. The molecule has 3 aromatic rings. The minimum Gasteiger partial charge on any atom is -0.147 e. The third kappa shape index (κ3) is 6.85. The van der Waals surface area contributed by atoms with E-state index >= 15 is 0 Å². The predicted octanol–water partition coefficient (Wildman–Crippen LogP) is 10.00. The van der Waals surface area contributed by atoms with Crippen LogP contribution >= 0.6 is 24.8 Å². The fourth-order valence-electron chi connectivity index (χ4n) is 5.33. The number of hydrogen-bond acceptors (Lipinski definition) is 1. The maximum absolute atomic E-state index is 7.40. The molecule has 1 nitrogen and oxygen atoms in total. The smallest absolute Gasteiger partial charge is 0.147 e. The second-order valence-corrected chi connectivity index (χ2v) is 20.8. The molecular weight excluding hydrogens is 583 g/mol. The first-order chi connectivity index (χ1) is 17.8. The van der Waals surface area contributed by atoms with Gasteiger partial charge in [0, 0.05) is 0 Å². The molecule has 0 spiro atoms. The van der Waals surface area contributed by atoms with Gasteiger partial charge in [0.1, 0.15) is 0 Å². The summed E-state index contributed by atoms with van der Waals surface area (Å²) in [6, 6.07) is 28.9. The summed E-state index contributed by atoms with van der Waals surface area (Å²) in [5.74, 6) is 1.44. The molecule has 0 saturated carbocycles. The number of hydrogen-bond donors (Lipinski definition) is 0. The van der Waals surface area contributed by atoms with Crippen molar-refractivity contribution in [2.45, 2.75) is 73.5 Å². The quantitative estimate of drug-likeness (QED) is 0.247. The largest absolute Gasteiger partial charge is 0.147 e. The molecule has 1 aliphatic rings. The van der Waals surface area contributed by atoms with Gasteiger partial charge in [0.2, 0.25) is 0 Å². The SMILES string of the molecule is CC1=C(C)C(C)[C]([Ti]([O]c2cc(C)cc([Si](C)(C)C(C)(C)C)c2)=[C](c2ccccc2)c2ccccc2)=C1C.Cl.Cl. The average molecular weight is 630 g/mol. The van der Waals surface area contributed by atoms with Crippen LogP contribution in [0, 0.1) is 12.8 Å². The van der Waals surface area contributed by atoms with Gasteiger partial charge in [-0.2, -0.15) is 0 Å². The summed E-state index contributed by atoms with van der Waals surface area (Å²) in [6.45, 7) is 23.7. The Balaban J connectivity index is 0.00000280. The molecule has 1 unspecified atom stereocenters. The van der Waals surface area contributed by atoms with Crippen molar-refractivity contribution in [1.29, 1.82) is 0 Å². The number of rotatable bonds is 6. The van der Waals surface area contributed by atoms with Gasteiger partial charge in [-0.1, -0.05) is 0 Å². The van der Waals surface area contributed by atoms with Gasteiger partial charge >= 0.3 is 240 Å². The van der Waals surface area contributed by atoms with Crippen LogP contribution in [0.3, 0.4) is 0 Å². The monoisotopic (exact) mass is 628 g/mol. The molecule has 0 aliphatic heterocycles. The van der Waals surface area contributed by atoms with Crippen LogP contribution in [0.5, 0.6) is 5.75 Å². The molecule has 0 amide bonds. The molecule has 5 heteroatoms. The Morgan fingerprint density at radius 3 is 1.68 bits per heavy atom. The minimum absolute atomic E-state index is 0. The van der Waals surface area contributed by atoms with Gasteiger partial charge in [0.15, 0.2) is 0 Å². The predicted molar refractivity (Wildman–Crippen MR) is 179 cm³/mol. The van der Waals surface area contributed by atoms with Crippen molar-refractivity contribution in [2.24, 2.45) is 5.92 Å². The van der Waals surface area contributed by atoms with E-state index in [2.05, 4.69) is 147 Å². The number of halogens is 2. The fraction of sp³-hybridized carbons (Fsp3) is 0.343. The second kappa shape index (κ2) is 13.5. The van der Waals surface area contributed by atoms with Crippen LogP contribution in [0.1, 0.15) is 65.2 Å². The first kappa shape index (κ1) is 34.5. The van der Waals surface area contributed by atoms with E-state index in [9.17, 15) is 0 Å². The van der Waals surface area contributed by atoms with E-state index in [0.717, 1.165) is 5.75 Å². The first-order valence-corrected chi connectivity index (χ1v) is 19.1. The Hall–Kier alpha value is -1.68. The Labute approximate surface area is 262 Å². The first-order valence-electron chi connectivity index (χ1n) is 13.9. The number of aryl methyl sites for hydroxylation is 1. The molecular formula is C35H46Cl2OSiTi. The summed E-state index contributed by atoms with van der Waals surface area (Å²) >= 11 is -2.53. The second-order valence-electron chi connectivity index (χ2n) is 12.5. The molecule has 0 aromatic heterocycles. The fourth-order valence-corrected chi connectivity index (χ4v) is 11.7. The van der Waals surface area contributed by atoms with Gasteiger partial charge in [0.05, 0.1) is 0 Å². The molecule has 3 aromatic carbocycles. The van der Waals surface area contributed by atoms with Crippen LogP contribution in [0.25, 0.3) is 0 Å². The van der Waals surface area contributed by atoms with Crippen molar-refractivity contribution in [2.75, 3.05) is 0 Å². The Morgan fingerprint density at radius 2 is 1.25 bits per heavy atom. The summed E-state index contributed by atoms with van der Waals surface area (Å²) in [6.07, 6.45) is 0. The van der Waals surface area contributed by atoms with Crippen LogP contribution < -0.4 is 8.51 Å². The molecule has 0 bridgehead atoms. The summed E-state index contributed by atoms with van der Waals surface area (Å²) < 4.78 is 10.3. The van der Waals surface area contributed by atoms with Crippen molar-refractivity contribution >= 4 is 41.9 Å². The Morgan fingerprint density at radius 1 is 0.750 bits per heavy atom. The van der Waals surface area contributed by atoms with Crippen molar-refractivity contribution in [3.05, 3.63) is 116 Å². The Kier molecular flexibility index (Phi) is 11.7. The maximum Gasteiger partial charge on any atom is -0.147 e. The van der Waals surface area contributed by atoms with Crippen LogP contribution in [-0.4, -0.2) is 11.9 Å². The van der Waals surface area contributed by atoms with E-state index in [1.807, 2.05) is 0 Å². The van der Waals surface area contributed by atoms with Crippen molar-refractivity contribution in [3.8, 4) is 5.75 Å². The standard InChI is InChI=1S/C13H22OSi.C13H10.C9H13.2ClH.Ti/c1-10-7-11(14)9-12(8-10)15(5,6)13(2,3)4;1-3-7-12(8-4-1)11-13-9-5-2-6-10-13;1-6-5-7(2)9(4)8(6)3;;;/h7-9,14H,1-6H3;1-10H;6H,1-4H3;2*1H;/q;;;;;+1/p-1. The Bertz CT molecular complexity index is 1390. The number of allylic oxidation sites excluding steroid dienone is 4. The zero-order chi connectivity index (χ0) is 27.8. The van der Waals surface area contributed by atoms with E-state index < -0.39 is 25.9 Å². The minimum atomic E-state index is -2.53. The molecule has 4 rings (SSSR count). The van der Waals surface area contributed by atoms with Crippen LogP contribution in [-0.2, 0) is 17.8 Å². The van der Waals surface area contributed by atoms with E-state index in [1.54, 1.807) is 0 Å². The zero-order valence-corrected chi connectivity index (χ0v) is 30.0. The van der Waals surface area contributed by atoms with Crippen molar-refractivity contribution in [3.63, 3.8) is 0 Å². The molecule has 0 radical (unpaired) electrons. The zero-order valence-electron chi connectivity index (χ0n) is 25.8. The molecule has 0 saturated heterocycles. The summed E-state index contributed by atoms with van der Waals surface area (Å²) in [7, 11) is -1.72. The summed E-state index contributed by atoms with van der Waals surface area (Å²) in [5.41, 5.74) is 8.20. The van der Waals surface area contributed by atoms with E-state index in [4.69, 9.17) is 3.32 Å². The normalized spacial score (nSPS) is 15.4. The van der Waals surface area contributed by atoms with Gasteiger partial charge in [0.25, 0.3) is 0 Å². The third-order valence-corrected chi connectivity index (χ3v) is 18.9. The molecule has 1 atom stereocenters. The third-order valence-electron chi connectivity index (χ3n) is 9.10. The van der Waals surface area contributed by atoms with Gasteiger partial charge in [-0.05, 0) is 0 Å². The van der Waals surface area contributed by atoms with Gasteiger partial charge in [-0.3, -0.25) is 0 Å². The molecule has 1 aliphatic carbocycles. The van der Waals surface area contributed by atoms with Gasteiger partial charge < -0.3 is 0 Å². The van der Waals surface area contributed by atoms with Gasteiger partial charge in [-0.15, -0.1) is 24.8 Å². The summed E-state index contributed by atoms with van der Waals surface area (Å²) in [5, 5.41) is 1.74. The van der Waals surface area contributed by atoms with E-state index in [0.29, 0.717) is 5.92 Å².